The normalized spacial score (nSPS) is 13.2. The van der Waals surface area contributed by atoms with Crippen LogP contribution in [0.3, 0.4) is 0 Å². The van der Waals surface area contributed by atoms with Crippen LogP contribution in [0.2, 0.25) is 0 Å². The molecule has 0 bridgehead atoms. The number of sulfonamides is 1. The summed E-state index contributed by atoms with van der Waals surface area (Å²) in [6.45, 7) is 15.1. The summed E-state index contributed by atoms with van der Waals surface area (Å²) in [6, 6.07) is 5.04. The van der Waals surface area contributed by atoms with E-state index in [0.29, 0.717) is 31.4 Å². The van der Waals surface area contributed by atoms with Crippen LogP contribution >= 0.6 is 0 Å². The largest absolute Gasteiger partial charge is 0.351 e. The number of aryl methyl sites for hydroxylation is 2. The van der Waals surface area contributed by atoms with E-state index in [1.165, 1.54) is 4.31 Å². The van der Waals surface area contributed by atoms with Gasteiger partial charge >= 0.3 is 0 Å². The third kappa shape index (κ3) is 6.29. The number of hydrogen-bond donors (Lipinski definition) is 1. The molecule has 1 amide bonds. The summed E-state index contributed by atoms with van der Waals surface area (Å²) >= 11 is 0. The molecule has 0 radical (unpaired) electrons. The number of benzene rings is 1. The van der Waals surface area contributed by atoms with Crippen molar-refractivity contribution < 1.29 is 13.2 Å². The maximum absolute atomic E-state index is 12.8. The second-order valence-electron chi connectivity index (χ2n) is 10.00. The van der Waals surface area contributed by atoms with Gasteiger partial charge in [-0.1, -0.05) is 34.6 Å². The smallest absolute Gasteiger partial charge is 0.243 e. The highest BCUT2D eigenvalue weighted by Crippen LogP contribution is 2.27. The van der Waals surface area contributed by atoms with Crippen molar-refractivity contribution >= 4 is 27.0 Å². The van der Waals surface area contributed by atoms with E-state index < -0.39 is 10.0 Å². The Morgan fingerprint density at radius 3 is 2.29 bits per heavy atom. The van der Waals surface area contributed by atoms with Crippen LogP contribution in [0.5, 0.6) is 0 Å². The number of carbonyl (C=O) groups is 1. The van der Waals surface area contributed by atoms with Gasteiger partial charge in [0, 0.05) is 38.5 Å². The summed E-state index contributed by atoms with van der Waals surface area (Å²) in [6.07, 6.45) is 1.69. The Balaban J connectivity index is 2.17. The molecule has 0 aliphatic rings. The molecule has 1 N–H and O–H groups in total. The minimum atomic E-state index is -3.54. The Labute approximate surface area is 187 Å². The van der Waals surface area contributed by atoms with Crippen LogP contribution in [0.15, 0.2) is 23.1 Å². The molecule has 7 nitrogen and oxygen atoms in total. The molecule has 0 aliphatic carbocycles. The topological polar surface area (TPSA) is 84.3 Å². The maximum Gasteiger partial charge on any atom is 0.243 e. The third-order valence-corrected chi connectivity index (χ3v) is 7.36. The van der Waals surface area contributed by atoms with Crippen molar-refractivity contribution in [3.8, 4) is 0 Å². The zero-order valence-electron chi connectivity index (χ0n) is 20.2. The summed E-state index contributed by atoms with van der Waals surface area (Å²) in [7, 11) is -1.64. The first kappa shape index (κ1) is 25.3. The summed E-state index contributed by atoms with van der Waals surface area (Å²) in [5.74, 6) is 0.752. The van der Waals surface area contributed by atoms with Crippen LogP contribution in [-0.2, 0) is 28.3 Å². The monoisotopic (exact) mass is 450 g/mol. The van der Waals surface area contributed by atoms with Crippen LogP contribution < -0.4 is 5.32 Å². The van der Waals surface area contributed by atoms with Gasteiger partial charge in [-0.25, -0.2) is 13.4 Å². The van der Waals surface area contributed by atoms with Crippen molar-refractivity contribution in [2.75, 3.05) is 13.1 Å². The second-order valence-corrected chi connectivity index (χ2v) is 11.9. The van der Waals surface area contributed by atoms with E-state index >= 15 is 0 Å². The standard InChI is InChI=1S/C23H38N4O3S/c1-9-27(10-2)31(29,30)17-11-12-19-18(15-17)24-20(26(19)8)13-14-21(28)25-23(6,7)16-22(3,4)5/h11-12,15H,9-10,13-14,16H2,1-8H3,(H,25,28). The van der Waals surface area contributed by atoms with E-state index in [1.54, 1.807) is 18.2 Å². The molecule has 0 atom stereocenters. The number of imidazole rings is 1. The molecule has 31 heavy (non-hydrogen) atoms. The minimum Gasteiger partial charge on any atom is -0.351 e. The van der Waals surface area contributed by atoms with E-state index in [4.69, 9.17) is 0 Å². The van der Waals surface area contributed by atoms with Gasteiger partial charge in [0.05, 0.1) is 15.9 Å². The fourth-order valence-corrected chi connectivity index (χ4v) is 5.84. The number of nitrogens with one attached hydrogen (secondary N) is 1. The number of aromatic nitrogens is 2. The van der Waals surface area contributed by atoms with E-state index in [1.807, 2.05) is 39.3 Å². The predicted octanol–water partition coefficient (Wildman–Crippen LogP) is 3.87. The second kappa shape index (κ2) is 9.28. The first-order chi connectivity index (χ1) is 14.2. The zero-order chi connectivity index (χ0) is 23.6. The highest BCUT2D eigenvalue weighted by Gasteiger charge is 2.27. The molecule has 1 heterocycles. The number of amides is 1. The molecule has 0 fully saturated rings. The third-order valence-electron chi connectivity index (χ3n) is 5.31. The summed E-state index contributed by atoms with van der Waals surface area (Å²) in [4.78, 5) is 17.4. The average Bonchev–Trinajstić information content (AvgIpc) is 2.93. The summed E-state index contributed by atoms with van der Waals surface area (Å²) < 4.78 is 29.0. The molecule has 0 saturated carbocycles. The van der Waals surface area contributed by atoms with Gasteiger partial charge < -0.3 is 9.88 Å². The molecule has 0 unspecified atom stereocenters. The van der Waals surface area contributed by atoms with Gasteiger partial charge in [-0.15, -0.1) is 0 Å². The Hall–Kier alpha value is -1.93. The lowest BCUT2D eigenvalue weighted by molar-refractivity contribution is -0.122. The Morgan fingerprint density at radius 1 is 1.13 bits per heavy atom. The Morgan fingerprint density at radius 2 is 1.74 bits per heavy atom. The molecular formula is C23H38N4O3S. The number of fused-ring (bicyclic) bond motifs is 1. The van der Waals surface area contributed by atoms with E-state index in [2.05, 4.69) is 31.1 Å². The number of nitrogens with zero attached hydrogens (tertiary/aromatic N) is 3. The van der Waals surface area contributed by atoms with Crippen molar-refractivity contribution in [2.24, 2.45) is 12.5 Å². The first-order valence-corrected chi connectivity index (χ1v) is 12.4. The van der Waals surface area contributed by atoms with Gasteiger partial charge in [0.1, 0.15) is 5.82 Å². The van der Waals surface area contributed by atoms with E-state index in [9.17, 15) is 13.2 Å². The maximum atomic E-state index is 12.8. The molecule has 0 spiro atoms. The van der Waals surface area contributed by atoms with Crippen molar-refractivity contribution in [3.05, 3.63) is 24.0 Å². The van der Waals surface area contributed by atoms with Gasteiger partial charge in [-0.2, -0.15) is 4.31 Å². The molecule has 1 aromatic heterocycles. The number of carbonyl (C=O) groups excluding carboxylic acids is 1. The zero-order valence-corrected chi connectivity index (χ0v) is 21.1. The van der Waals surface area contributed by atoms with Gasteiger partial charge in [-0.3, -0.25) is 4.79 Å². The Kier molecular flexibility index (Phi) is 7.59. The summed E-state index contributed by atoms with van der Waals surface area (Å²) in [5.41, 5.74) is 1.31. The quantitative estimate of drug-likeness (QED) is 0.629. The van der Waals surface area contributed by atoms with Crippen molar-refractivity contribution in [3.63, 3.8) is 0 Å². The SMILES string of the molecule is CCN(CC)S(=O)(=O)c1ccc2c(c1)nc(CCC(=O)NC(C)(C)CC(C)(C)C)n2C. The van der Waals surface area contributed by atoms with Crippen LogP contribution in [0.25, 0.3) is 11.0 Å². The van der Waals surface area contributed by atoms with Gasteiger partial charge in [-0.05, 0) is 43.9 Å². The molecule has 174 valence electrons. The van der Waals surface area contributed by atoms with E-state index in [0.717, 1.165) is 17.8 Å². The van der Waals surface area contributed by atoms with E-state index in [-0.39, 0.29) is 21.8 Å². The van der Waals surface area contributed by atoms with Gasteiger partial charge in [0.15, 0.2) is 0 Å². The molecule has 0 aliphatic heterocycles. The van der Waals surface area contributed by atoms with Crippen molar-refractivity contribution in [1.82, 2.24) is 19.2 Å². The Bertz CT molecular complexity index is 1030. The number of rotatable bonds is 9. The molecule has 1 aromatic carbocycles. The average molecular weight is 451 g/mol. The fraction of sp³-hybridized carbons (Fsp3) is 0.652. The van der Waals surface area contributed by atoms with Crippen molar-refractivity contribution in [1.29, 1.82) is 0 Å². The van der Waals surface area contributed by atoms with Crippen LogP contribution in [-0.4, -0.2) is 46.8 Å². The fourth-order valence-electron chi connectivity index (χ4n) is 4.36. The molecular weight excluding hydrogens is 412 g/mol. The van der Waals surface area contributed by atoms with Crippen molar-refractivity contribution in [2.45, 2.75) is 78.2 Å². The lowest BCUT2D eigenvalue weighted by Gasteiger charge is -2.33. The van der Waals surface area contributed by atoms with Crippen LogP contribution in [0.4, 0.5) is 0 Å². The first-order valence-electron chi connectivity index (χ1n) is 11.0. The lowest BCUT2D eigenvalue weighted by Crippen LogP contribution is -2.45. The molecule has 2 rings (SSSR count). The molecule has 2 aromatic rings. The minimum absolute atomic E-state index is 0.00823. The summed E-state index contributed by atoms with van der Waals surface area (Å²) in [5, 5.41) is 3.13. The van der Waals surface area contributed by atoms with Crippen LogP contribution in [0.1, 0.15) is 67.1 Å². The molecule has 0 saturated heterocycles. The highest BCUT2D eigenvalue weighted by molar-refractivity contribution is 7.89. The van der Waals surface area contributed by atoms with Crippen LogP contribution in [0, 0.1) is 5.41 Å². The molecule has 8 heteroatoms. The highest BCUT2D eigenvalue weighted by atomic mass is 32.2. The number of hydrogen-bond acceptors (Lipinski definition) is 4. The van der Waals surface area contributed by atoms with Gasteiger partial charge in [0.2, 0.25) is 15.9 Å². The lowest BCUT2D eigenvalue weighted by atomic mass is 9.82. The predicted molar refractivity (Wildman–Crippen MR) is 125 cm³/mol. The van der Waals surface area contributed by atoms with Gasteiger partial charge in [0.25, 0.3) is 0 Å².